The molecule has 0 bridgehead atoms. The Hall–Kier alpha value is -1.84. The maximum atomic E-state index is 6.11. The Bertz CT molecular complexity index is 834. The highest BCUT2D eigenvalue weighted by molar-refractivity contribution is 14.0. The van der Waals surface area contributed by atoms with E-state index in [4.69, 9.17) is 14.2 Å². The molecule has 1 N–H and O–H groups in total. The molecule has 0 unspecified atom stereocenters. The van der Waals surface area contributed by atoms with Gasteiger partial charge < -0.3 is 24.4 Å². The van der Waals surface area contributed by atoms with Crippen LogP contribution in [0.25, 0.3) is 0 Å². The minimum atomic E-state index is 0. The molecule has 0 aliphatic carbocycles. The number of nitrogens with one attached hydrogen (secondary N) is 1. The number of ether oxygens (including phenoxy) is 3. The first-order valence-corrected chi connectivity index (χ1v) is 11.7. The number of aliphatic imine (C=N–C) groups is 1. The first kappa shape index (κ1) is 25.8. The number of halogens is 1. The van der Waals surface area contributed by atoms with E-state index in [1.54, 1.807) is 0 Å². The third-order valence-electron chi connectivity index (χ3n) is 6.13. The van der Waals surface area contributed by atoms with Crippen LogP contribution in [0, 0.1) is 0 Å². The zero-order valence-electron chi connectivity index (χ0n) is 19.4. The molecule has 2 aromatic carbocycles. The first-order chi connectivity index (χ1) is 15.8. The van der Waals surface area contributed by atoms with Gasteiger partial charge in [0.05, 0.1) is 12.7 Å². The highest BCUT2D eigenvalue weighted by atomic mass is 127. The monoisotopic (exact) mass is 565 g/mol. The normalized spacial score (nSPS) is 18.0. The zero-order chi connectivity index (χ0) is 22.0. The topological polar surface area (TPSA) is 55.3 Å². The number of rotatable bonds is 7. The van der Waals surface area contributed by atoms with Gasteiger partial charge in [0, 0.05) is 52.7 Å². The lowest BCUT2D eigenvalue weighted by atomic mass is 10.1. The Kier molecular flexibility index (Phi) is 10.8. The number of hydrogen-bond donors (Lipinski definition) is 1. The molecular weight excluding hydrogens is 529 g/mol. The fourth-order valence-corrected chi connectivity index (χ4v) is 4.20. The number of guanidine groups is 1. The number of piperidine rings is 1. The lowest BCUT2D eigenvalue weighted by Gasteiger charge is -2.34. The molecule has 2 heterocycles. The van der Waals surface area contributed by atoms with Crippen molar-refractivity contribution in [2.24, 2.45) is 4.99 Å². The summed E-state index contributed by atoms with van der Waals surface area (Å²) in [5.41, 5.74) is 2.45. The molecule has 0 aromatic heterocycles. The van der Waals surface area contributed by atoms with Gasteiger partial charge in [-0.3, -0.25) is 4.99 Å². The van der Waals surface area contributed by atoms with Gasteiger partial charge in [0.1, 0.15) is 11.9 Å². The molecule has 7 heteroatoms. The average Bonchev–Trinajstić information content (AvgIpc) is 2.86. The standard InChI is InChI=1S/C26H35N3O3.HI/c1-27-26(29-15-11-25(12-16-29)32-24-5-3-2-4-6-24)28-19-21-7-9-22(10-8-21)20-31-23-13-17-30-18-14-23;/h2-10,23,25H,11-20H2,1H3,(H,27,28);1H. The molecule has 0 radical (unpaired) electrons. The lowest BCUT2D eigenvalue weighted by Crippen LogP contribution is -2.47. The van der Waals surface area contributed by atoms with Gasteiger partial charge in [-0.15, -0.1) is 24.0 Å². The summed E-state index contributed by atoms with van der Waals surface area (Å²) in [5.74, 6) is 1.91. The minimum Gasteiger partial charge on any atom is -0.490 e. The smallest absolute Gasteiger partial charge is 0.193 e. The van der Waals surface area contributed by atoms with Crippen molar-refractivity contribution in [1.29, 1.82) is 0 Å². The van der Waals surface area contributed by atoms with Crippen molar-refractivity contribution in [3.8, 4) is 5.75 Å². The number of benzene rings is 2. The molecule has 33 heavy (non-hydrogen) atoms. The van der Waals surface area contributed by atoms with E-state index in [0.29, 0.717) is 12.7 Å². The number of para-hydroxylation sites is 1. The maximum Gasteiger partial charge on any atom is 0.193 e. The van der Waals surface area contributed by atoms with Crippen molar-refractivity contribution < 1.29 is 14.2 Å². The molecule has 180 valence electrons. The molecule has 0 atom stereocenters. The summed E-state index contributed by atoms with van der Waals surface area (Å²) in [5, 5.41) is 3.51. The van der Waals surface area contributed by atoms with E-state index in [-0.39, 0.29) is 30.1 Å². The van der Waals surface area contributed by atoms with E-state index in [1.165, 1.54) is 11.1 Å². The van der Waals surface area contributed by atoms with Gasteiger partial charge in [0.2, 0.25) is 0 Å². The van der Waals surface area contributed by atoms with Crippen LogP contribution >= 0.6 is 24.0 Å². The van der Waals surface area contributed by atoms with E-state index in [9.17, 15) is 0 Å². The highest BCUT2D eigenvalue weighted by Gasteiger charge is 2.22. The summed E-state index contributed by atoms with van der Waals surface area (Å²) >= 11 is 0. The van der Waals surface area contributed by atoms with Gasteiger partial charge in [-0.1, -0.05) is 42.5 Å². The van der Waals surface area contributed by atoms with E-state index in [0.717, 1.165) is 70.2 Å². The second kappa shape index (κ2) is 13.8. The molecule has 6 nitrogen and oxygen atoms in total. The second-order valence-corrected chi connectivity index (χ2v) is 8.46. The predicted molar refractivity (Wildman–Crippen MR) is 142 cm³/mol. The van der Waals surface area contributed by atoms with Crippen LogP contribution in [0.15, 0.2) is 59.6 Å². The molecule has 2 fully saturated rings. The zero-order valence-corrected chi connectivity index (χ0v) is 21.8. The molecule has 2 aliphatic heterocycles. The van der Waals surface area contributed by atoms with E-state index < -0.39 is 0 Å². The SMILES string of the molecule is CN=C(NCc1ccc(COC2CCOCC2)cc1)N1CCC(Oc2ccccc2)CC1.I. The summed E-state index contributed by atoms with van der Waals surface area (Å²) in [4.78, 5) is 6.82. The molecule has 2 aromatic rings. The van der Waals surface area contributed by atoms with E-state index in [2.05, 4.69) is 39.5 Å². The molecular formula is C26H36IN3O3. The molecule has 2 aliphatic rings. The van der Waals surface area contributed by atoms with Gasteiger partial charge in [-0.25, -0.2) is 0 Å². The van der Waals surface area contributed by atoms with Crippen molar-refractivity contribution in [2.75, 3.05) is 33.4 Å². The van der Waals surface area contributed by atoms with Crippen molar-refractivity contribution in [3.05, 3.63) is 65.7 Å². The van der Waals surface area contributed by atoms with Crippen molar-refractivity contribution in [1.82, 2.24) is 10.2 Å². The van der Waals surface area contributed by atoms with Crippen LogP contribution < -0.4 is 10.1 Å². The van der Waals surface area contributed by atoms with Gasteiger partial charge >= 0.3 is 0 Å². The Labute approximate surface area is 214 Å². The number of hydrogen-bond acceptors (Lipinski definition) is 4. The lowest BCUT2D eigenvalue weighted by molar-refractivity contribution is -0.0390. The Balaban J connectivity index is 0.00000306. The van der Waals surface area contributed by atoms with Crippen molar-refractivity contribution in [3.63, 3.8) is 0 Å². The van der Waals surface area contributed by atoms with Crippen LogP contribution in [0.3, 0.4) is 0 Å². The third-order valence-corrected chi connectivity index (χ3v) is 6.13. The minimum absolute atomic E-state index is 0. The quantitative estimate of drug-likeness (QED) is 0.302. The summed E-state index contributed by atoms with van der Waals surface area (Å²) in [7, 11) is 1.85. The van der Waals surface area contributed by atoms with Crippen LogP contribution in [0.4, 0.5) is 0 Å². The van der Waals surface area contributed by atoms with Crippen molar-refractivity contribution >= 4 is 29.9 Å². The van der Waals surface area contributed by atoms with E-state index >= 15 is 0 Å². The maximum absolute atomic E-state index is 6.11. The Morgan fingerprint density at radius 3 is 2.27 bits per heavy atom. The fraction of sp³-hybridized carbons (Fsp3) is 0.500. The van der Waals surface area contributed by atoms with Gasteiger partial charge in [-0.2, -0.15) is 0 Å². The number of likely N-dealkylation sites (tertiary alicyclic amines) is 1. The van der Waals surface area contributed by atoms with Gasteiger partial charge in [-0.05, 0) is 36.1 Å². The number of nitrogens with zero attached hydrogens (tertiary/aromatic N) is 2. The van der Waals surface area contributed by atoms with Crippen LogP contribution in [0.2, 0.25) is 0 Å². The second-order valence-electron chi connectivity index (χ2n) is 8.46. The molecule has 4 rings (SSSR count). The Morgan fingerprint density at radius 2 is 1.61 bits per heavy atom. The van der Waals surface area contributed by atoms with Crippen LogP contribution in [-0.4, -0.2) is 56.4 Å². The van der Waals surface area contributed by atoms with Gasteiger partial charge in [0.25, 0.3) is 0 Å². The molecule has 0 spiro atoms. The fourth-order valence-electron chi connectivity index (χ4n) is 4.20. The summed E-state index contributed by atoms with van der Waals surface area (Å²) in [6.07, 6.45) is 4.58. The largest absolute Gasteiger partial charge is 0.490 e. The summed E-state index contributed by atoms with van der Waals surface area (Å²) in [6.45, 7) is 4.94. The molecule has 0 amide bonds. The summed E-state index contributed by atoms with van der Waals surface area (Å²) < 4.78 is 17.5. The van der Waals surface area contributed by atoms with Crippen LogP contribution in [-0.2, 0) is 22.6 Å². The predicted octanol–water partition coefficient (Wildman–Crippen LogP) is 4.62. The molecule has 2 saturated heterocycles. The van der Waals surface area contributed by atoms with Crippen LogP contribution in [0.1, 0.15) is 36.8 Å². The molecule has 0 saturated carbocycles. The van der Waals surface area contributed by atoms with Crippen LogP contribution in [0.5, 0.6) is 5.75 Å². The Morgan fingerprint density at radius 1 is 0.939 bits per heavy atom. The van der Waals surface area contributed by atoms with Crippen molar-refractivity contribution in [2.45, 2.75) is 51.0 Å². The average molecular weight is 565 g/mol. The third kappa shape index (κ3) is 8.15. The summed E-state index contributed by atoms with van der Waals surface area (Å²) in [6, 6.07) is 18.7. The van der Waals surface area contributed by atoms with E-state index in [1.807, 2.05) is 37.4 Å². The first-order valence-electron chi connectivity index (χ1n) is 11.7. The van der Waals surface area contributed by atoms with Gasteiger partial charge in [0.15, 0.2) is 5.96 Å². The highest BCUT2D eigenvalue weighted by Crippen LogP contribution is 2.19.